The van der Waals surface area contributed by atoms with Crippen LogP contribution in [0, 0.1) is 0 Å². The van der Waals surface area contributed by atoms with Gasteiger partial charge in [-0.1, -0.05) is 0 Å². The number of aliphatic carboxylic acids is 1. The Morgan fingerprint density at radius 1 is 1.88 bits per heavy atom. The molecule has 0 radical (unpaired) electrons. The van der Waals surface area contributed by atoms with Crippen molar-refractivity contribution in [3.63, 3.8) is 0 Å². The van der Waals surface area contributed by atoms with Crippen molar-refractivity contribution in [3.8, 4) is 0 Å². The van der Waals surface area contributed by atoms with Gasteiger partial charge in [0.2, 0.25) is 0 Å². The molecular weight excluding hydrogens is 130 g/mol. The molecule has 0 aliphatic carbocycles. The number of hydrogen-bond donors (Lipinski definition) is 2. The van der Waals surface area contributed by atoms with Crippen molar-refractivity contribution in [2.45, 2.75) is 18.3 Å². The van der Waals surface area contributed by atoms with Crippen LogP contribution < -0.4 is 5.73 Å². The molecule has 0 fully saturated rings. The van der Waals surface area contributed by atoms with E-state index in [0.29, 0.717) is 0 Å². The summed E-state index contributed by atoms with van der Waals surface area (Å²) in [6.07, 6.45) is 0. The number of nitrogens with two attached hydrogens (primary N) is 1. The highest BCUT2D eigenvalue weighted by molar-refractivity contribution is 6.22. The van der Waals surface area contributed by atoms with E-state index in [9.17, 15) is 4.79 Å². The standard InChI is InChI=1S/C4H8ClNO2/c1-2(5)3(6)4(7)8/h2-3H,6H2,1H3,(H,7,8)/t2-,3+/m1/s1. The Balaban J connectivity index is 3.64. The third-order valence-electron chi connectivity index (χ3n) is 0.780. The maximum Gasteiger partial charge on any atom is 0.322 e. The number of halogens is 1. The quantitative estimate of drug-likeness (QED) is 0.528. The molecule has 0 aliphatic rings. The molecule has 0 aromatic carbocycles. The van der Waals surface area contributed by atoms with Crippen molar-refractivity contribution < 1.29 is 9.90 Å². The zero-order valence-corrected chi connectivity index (χ0v) is 5.22. The van der Waals surface area contributed by atoms with Crippen LogP contribution in [0.15, 0.2) is 0 Å². The average molecular weight is 138 g/mol. The summed E-state index contributed by atoms with van der Waals surface area (Å²) in [5, 5.41) is 7.64. The molecule has 2 atom stereocenters. The highest BCUT2D eigenvalue weighted by Gasteiger charge is 2.16. The Morgan fingerprint density at radius 3 is 2.25 bits per heavy atom. The summed E-state index contributed by atoms with van der Waals surface area (Å²) in [7, 11) is 0. The lowest BCUT2D eigenvalue weighted by molar-refractivity contribution is -0.138. The van der Waals surface area contributed by atoms with Crippen molar-refractivity contribution in [1.29, 1.82) is 0 Å². The summed E-state index contributed by atoms with van der Waals surface area (Å²) in [4.78, 5) is 9.93. The maximum atomic E-state index is 9.93. The van der Waals surface area contributed by atoms with Gasteiger partial charge in [-0.2, -0.15) is 0 Å². The maximum absolute atomic E-state index is 9.93. The van der Waals surface area contributed by atoms with Crippen LogP contribution >= 0.6 is 11.6 Å². The van der Waals surface area contributed by atoms with Crippen LogP contribution in [0.4, 0.5) is 0 Å². The van der Waals surface area contributed by atoms with Gasteiger partial charge in [0.25, 0.3) is 0 Å². The van der Waals surface area contributed by atoms with E-state index in [1.807, 2.05) is 0 Å². The lowest BCUT2D eigenvalue weighted by Crippen LogP contribution is -2.37. The zero-order chi connectivity index (χ0) is 6.73. The lowest BCUT2D eigenvalue weighted by atomic mass is 10.2. The van der Waals surface area contributed by atoms with Gasteiger partial charge in [-0.15, -0.1) is 11.6 Å². The molecule has 0 aromatic rings. The van der Waals surface area contributed by atoms with Crippen molar-refractivity contribution in [2.75, 3.05) is 0 Å². The molecule has 0 bridgehead atoms. The lowest BCUT2D eigenvalue weighted by Gasteiger charge is -2.05. The number of carboxylic acid groups (broad SMARTS) is 1. The number of alkyl halides is 1. The molecule has 0 unspecified atom stereocenters. The van der Waals surface area contributed by atoms with Crippen LogP contribution in [0.2, 0.25) is 0 Å². The molecule has 0 rings (SSSR count). The normalized spacial score (nSPS) is 17.4. The molecule has 0 aromatic heterocycles. The minimum absolute atomic E-state index is 0.507. The van der Waals surface area contributed by atoms with Crippen molar-refractivity contribution in [2.24, 2.45) is 5.73 Å². The van der Waals surface area contributed by atoms with Crippen molar-refractivity contribution in [1.82, 2.24) is 0 Å². The fourth-order valence-electron chi connectivity index (χ4n) is 0.196. The monoisotopic (exact) mass is 137 g/mol. The average Bonchev–Trinajstić information content (AvgIpc) is 1.64. The van der Waals surface area contributed by atoms with Crippen LogP contribution in [0.5, 0.6) is 0 Å². The Hall–Kier alpha value is -0.280. The summed E-state index contributed by atoms with van der Waals surface area (Å²) in [5.74, 6) is -1.06. The molecule has 0 heterocycles. The summed E-state index contributed by atoms with van der Waals surface area (Å²) in [6, 6.07) is -0.948. The van der Waals surface area contributed by atoms with Crippen LogP contribution in [0.25, 0.3) is 0 Å². The summed E-state index contributed by atoms with van der Waals surface area (Å²) < 4.78 is 0. The highest BCUT2D eigenvalue weighted by atomic mass is 35.5. The first-order valence-electron chi connectivity index (χ1n) is 2.18. The van der Waals surface area contributed by atoms with E-state index in [-0.39, 0.29) is 0 Å². The first-order chi connectivity index (χ1) is 3.55. The molecule has 3 nitrogen and oxygen atoms in total. The van der Waals surface area contributed by atoms with E-state index in [1.54, 1.807) is 6.92 Å². The fourth-order valence-corrected chi connectivity index (χ4v) is 0.304. The number of carboxylic acids is 1. The molecular formula is C4H8ClNO2. The molecule has 0 saturated heterocycles. The van der Waals surface area contributed by atoms with Crippen molar-refractivity contribution in [3.05, 3.63) is 0 Å². The molecule has 0 spiro atoms. The summed E-state index contributed by atoms with van der Waals surface area (Å²) in [5.41, 5.74) is 5.03. The van der Waals surface area contributed by atoms with Gasteiger partial charge in [-0.3, -0.25) is 4.79 Å². The molecule has 3 N–H and O–H groups in total. The molecule has 0 amide bonds. The molecule has 0 saturated carbocycles. The zero-order valence-electron chi connectivity index (χ0n) is 4.47. The van der Waals surface area contributed by atoms with E-state index < -0.39 is 17.4 Å². The van der Waals surface area contributed by atoms with E-state index in [0.717, 1.165) is 0 Å². The third kappa shape index (κ3) is 2.14. The van der Waals surface area contributed by atoms with Gasteiger partial charge in [0.05, 0.1) is 5.38 Å². The Labute approximate surface area is 52.4 Å². The number of hydrogen-bond acceptors (Lipinski definition) is 2. The first-order valence-corrected chi connectivity index (χ1v) is 2.62. The topological polar surface area (TPSA) is 63.3 Å². The number of carbonyl (C=O) groups is 1. The summed E-state index contributed by atoms with van der Waals surface area (Å²) in [6.45, 7) is 1.54. The van der Waals surface area contributed by atoms with E-state index in [2.05, 4.69) is 0 Å². The van der Waals surface area contributed by atoms with Gasteiger partial charge in [0, 0.05) is 0 Å². The predicted octanol–water partition coefficient (Wildman–Crippen LogP) is 0.0256. The van der Waals surface area contributed by atoms with Crippen molar-refractivity contribution >= 4 is 17.6 Å². The second-order valence-electron chi connectivity index (χ2n) is 1.54. The fraction of sp³-hybridized carbons (Fsp3) is 0.750. The van der Waals surface area contributed by atoms with Gasteiger partial charge in [-0.05, 0) is 6.92 Å². The molecule has 4 heteroatoms. The minimum Gasteiger partial charge on any atom is -0.480 e. The Morgan fingerprint density at radius 2 is 2.25 bits per heavy atom. The molecule has 8 heavy (non-hydrogen) atoms. The minimum atomic E-state index is -1.06. The van der Waals surface area contributed by atoms with Crippen LogP contribution in [-0.2, 0) is 4.79 Å². The third-order valence-corrected chi connectivity index (χ3v) is 1.05. The Bertz CT molecular complexity index is 94.0. The largest absolute Gasteiger partial charge is 0.480 e. The summed E-state index contributed by atoms with van der Waals surface area (Å²) >= 11 is 5.32. The molecule has 0 aliphatic heterocycles. The van der Waals surface area contributed by atoms with Gasteiger partial charge in [-0.25, -0.2) is 0 Å². The second kappa shape index (κ2) is 2.89. The predicted molar refractivity (Wildman–Crippen MR) is 30.9 cm³/mol. The van der Waals surface area contributed by atoms with Crippen LogP contribution in [0.1, 0.15) is 6.92 Å². The van der Waals surface area contributed by atoms with E-state index in [1.165, 1.54) is 0 Å². The number of rotatable bonds is 2. The SMILES string of the molecule is C[C@@H](Cl)[C@H](N)C(=O)O. The smallest absolute Gasteiger partial charge is 0.322 e. The Kier molecular flexibility index (Phi) is 2.79. The van der Waals surface area contributed by atoms with Crippen LogP contribution in [0.3, 0.4) is 0 Å². The van der Waals surface area contributed by atoms with Crippen LogP contribution in [-0.4, -0.2) is 22.5 Å². The van der Waals surface area contributed by atoms with Gasteiger partial charge in [0.15, 0.2) is 0 Å². The van der Waals surface area contributed by atoms with Gasteiger partial charge < -0.3 is 10.8 Å². The highest BCUT2D eigenvalue weighted by Crippen LogP contribution is 1.97. The first kappa shape index (κ1) is 7.72. The molecule has 48 valence electrons. The van der Waals surface area contributed by atoms with Gasteiger partial charge >= 0.3 is 5.97 Å². The van der Waals surface area contributed by atoms with Gasteiger partial charge in [0.1, 0.15) is 6.04 Å². The second-order valence-corrected chi connectivity index (χ2v) is 2.23. The van der Waals surface area contributed by atoms with E-state index in [4.69, 9.17) is 22.4 Å². The van der Waals surface area contributed by atoms with E-state index >= 15 is 0 Å².